The largest absolute Gasteiger partial charge is 0.396 e. The highest BCUT2D eigenvalue weighted by Gasteiger charge is 2.13. The van der Waals surface area contributed by atoms with Crippen LogP contribution < -0.4 is 0 Å². The van der Waals surface area contributed by atoms with Gasteiger partial charge in [-0.2, -0.15) is 0 Å². The van der Waals surface area contributed by atoms with Crippen LogP contribution in [0, 0.1) is 0 Å². The summed E-state index contributed by atoms with van der Waals surface area (Å²) in [6, 6.07) is 6.31. The highest BCUT2D eigenvalue weighted by Crippen LogP contribution is 2.22. The van der Waals surface area contributed by atoms with Crippen molar-refractivity contribution < 1.29 is 5.11 Å². The molecular formula is C14H20ClNO. The van der Waals surface area contributed by atoms with Crippen molar-refractivity contribution in [3.8, 4) is 0 Å². The summed E-state index contributed by atoms with van der Waals surface area (Å²) >= 11 is 6.30. The van der Waals surface area contributed by atoms with Gasteiger partial charge in [0, 0.05) is 18.2 Å². The van der Waals surface area contributed by atoms with E-state index in [9.17, 15) is 0 Å². The Bertz CT molecular complexity index is 361. The summed E-state index contributed by atoms with van der Waals surface area (Å²) in [5.41, 5.74) is 2.44. The van der Waals surface area contributed by atoms with Crippen molar-refractivity contribution in [3.05, 3.63) is 34.3 Å². The van der Waals surface area contributed by atoms with Crippen LogP contribution in [0.4, 0.5) is 0 Å². The molecule has 1 aliphatic rings. The van der Waals surface area contributed by atoms with Crippen molar-refractivity contribution in [3.63, 3.8) is 0 Å². The Morgan fingerprint density at radius 1 is 1.24 bits per heavy atom. The van der Waals surface area contributed by atoms with Crippen molar-refractivity contribution >= 4 is 11.6 Å². The number of benzene rings is 1. The fourth-order valence-corrected chi connectivity index (χ4v) is 2.60. The van der Waals surface area contributed by atoms with Gasteiger partial charge in [-0.15, -0.1) is 0 Å². The molecule has 0 unspecified atom stereocenters. The van der Waals surface area contributed by atoms with Crippen LogP contribution in [0.25, 0.3) is 0 Å². The van der Waals surface area contributed by atoms with Crippen molar-refractivity contribution in [2.75, 3.05) is 19.7 Å². The maximum atomic E-state index is 8.80. The Morgan fingerprint density at radius 3 is 2.65 bits per heavy atom. The molecule has 1 N–H and O–H groups in total. The minimum atomic E-state index is 0.243. The van der Waals surface area contributed by atoms with Crippen molar-refractivity contribution in [1.82, 2.24) is 4.90 Å². The zero-order valence-electron chi connectivity index (χ0n) is 10.2. The summed E-state index contributed by atoms with van der Waals surface area (Å²) < 4.78 is 0. The Hall–Kier alpha value is -0.570. The molecule has 1 aromatic carbocycles. The molecule has 1 heterocycles. The van der Waals surface area contributed by atoms with Crippen LogP contribution in [0.5, 0.6) is 0 Å². The quantitative estimate of drug-likeness (QED) is 0.872. The van der Waals surface area contributed by atoms with E-state index in [1.807, 2.05) is 6.07 Å². The van der Waals surface area contributed by atoms with E-state index in [0.29, 0.717) is 0 Å². The maximum absolute atomic E-state index is 8.80. The standard InChI is InChI=1S/C14H20ClNO/c15-14-10-12(4-3-9-17)5-6-13(14)11-16-7-1-2-8-16/h5-6,10,17H,1-4,7-9,11H2. The highest BCUT2D eigenvalue weighted by atomic mass is 35.5. The second kappa shape index (κ2) is 6.39. The number of aryl methyl sites for hydroxylation is 1. The fraction of sp³-hybridized carbons (Fsp3) is 0.571. The Kier molecular flexibility index (Phi) is 4.84. The number of aliphatic hydroxyl groups is 1. The van der Waals surface area contributed by atoms with Gasteiger partial charge in [-0.25, -0.2) is 0 Å². The van der Waals surface area contributed by atoms with E-state index in [1.54, 1.807) is 0 Å². The van der Waals surface area contributed by atoms with Gasteiger partial charge in [-0.3, -0.25) is 4.90 Å². The monoisotopic (exact) mass is 253 g/mol. The van der Waals surface area contributed by atoms with Gasteiger partial charge in [0.2, 0.25) is 0 Å². The molecule has 0 radical (unpaired) electrons. The lowest BCUT2D eigenvalue weighted by atomic mass is 10.1. The van der Waals surface area contributed by atoms with Crippen LogP contribution in [0.2, 0.25) is 5.02 Å². The molecule has 2 nitrogen and oxygen atoms in total. The van der Waals surface area contributed by atoms with Crippen LogP contribution in [0.3, 0.4) is 0 Å². The van der Waals surface area contributed by atoms with Gasteiger partial charge < -0.3 is 5.11 Å². The summed E-state index contributed by atoms with van der Waals surface area (Å²) in [5, 5.41) is 9.67. The molecule has 0 bridgehead atoms. The molecule has 0 aliphatic carbocycles. The topological polar surface area (TPSA) is 23.5 Å². The van der Waals surface area contributed by atoms with E-state index in [4.69, 9.17) is 16.7 Å². The molecule has 17 heavy (non-hydrogen) atoms. The first-order valence-corrected chi connectivity index (χ1v) is 6.78. The molecule has 3 heteroatoms. The smallest absolute Gasteiger partial charge is 0.0453 e. The van der Waals surface area contributed by atoms with Gasteiger partial charge in [0.25, 0.3) is 0 Å². The summed E-state index contributed by atoms with van der Waals surface area (Å²) in [6.07, 6.45) is 4.33. The first-order chi connectivity index (χ1) is 8.29. The molecule has 0 amide bonds. The number of halogens is 1. The third kappa shape index (κ3) is 3.70. The van der Waals surface area contributed by atoms with Crippen LogP contribution in [-0.2, 0) is 13.0 Å². The van der Waals surface area contributed by atoms with Crippen LogP contribution in [-0.4, -0.2) is 29.7 Å². The second-order valence-corrected chi connectivity index (χ2v) is 5.14. The minimum absolute atomic E-state index is 0.243. The van der Waals surface area contributed by atoms with Gasteiger partial charge in [0.1, 0.15) is 0 Å². The third-order valence-electron chi connectivity index (χ3n) is 3.33. The number of nitrogens with zero attached hydrogens (tertiary/aromatic N) is 1. The number of rotatable bonds is 5. The van der Waals surface area contributed by atoms with E-state index in [0.717, 1.165) is 24.4 Å². The third-order valence-corrected chi connectivity index (χ3v) is 3.69. The van der Waals surface area contributed by atoms with E-state index in [1.165, 1.54) is 37.1 Å². The molecule has 94 valence electrons. The number of likely N-dealkylation sites (tertiary alicyclic amines) is 1. The summed E-state index contributed by atoms with van der Waals surface area (Å²) in [5.74, 6) is 0. The predicted octanol–water partition coefficient (Wildman–Crippen LogP) is 2.86. The van der Waals surface area contributed by atoms with Gasteiger partial charge in [0.05, 0.1) is 0 Å². The zero-order valence-corrected chi connectivity index (χ0v) is 10.9. The van der Waals surface area contributed by atoms with E-state index < -0.39 is 0 Å². The summed E-state index contributed by atoms with van der Waals surface area (Å²) in [6.45, 7) is 3.61. The maximum Gasteiger partial charge on any atom is 0.0453 e. The average molecular weight is 254 g/mol. The normalized spacial score (nSPS) is 16.6. The number of aliphatic hydroxyl groups excluding tert-OH is 1. The molecule has 2 rings (SSSR count). The van der Waals surface area contributed by atoms with Crippen LogP contribution >= 0.6 is 11.6 Å². The van der Waals surface area contributed by atoms with Gasteiger partial charge in [-0.1, -0.05) is 23.7 Å². The predicted molar refractivity (Wildman–Crippen MR) is 71.4 cm³/mol. The lowest BCUT2D eigenvalue weighted by molar-refractivity contribution is 0.288. The van der Waals surface area contributed by atoms with Gasteiger partial charge in [0.15, 0.2) is 0 Å². The first kappa shape index (κ1) is 12.9. The number of hydrogen-bond acceptors (Lipinski definition) is 2. The van der Waals surface area contributed by atoms with Crippen molar-refractivity contribution in [2.45, 2.75) is 32.2 Å². The Balaban J connectivity index is 1.98. The molecule has 1 saturated heterocycles. The van der Waals surface area contributed by atoms with Crippen LogP contribution in [0.1, 0.15) is 30.4 Å². The lowest BCUT2D eigenvalue weighted by Crippen LogP contribution is -2.18. The average Bonchev–Trinajstić information content (AvgIpc) is 2.82. The molecular weight excluding hydrogens is 234 g/mol. The van der Waals surface area contributed by atoms with Crippen molar-refractivity contribution in [1.29, 1.82) is 0 Å². The fourth-order valence-electron chi connectivity index (χ4n) is 2.34. The second-order valence-electron chi connectivity index (χ2n) is 4.74. The molecule has 0 atom stereocenters. The van der Waals surface area contributed by atoms with Gasteiger partial charge in [-0.05, 0) is 56.0 Å². The molecule has 1 aliphatic heterocycles. The minimum Gasteiger partial charge on any atom is -0.396 e. The highest BCUT2D eigenvalue weighted by molar-refractivity contribution is 6.31. The molecule has 0 spiro atoms. The zero-order chi connectivity index (χ0) is 12.1. The first-order valence-electron chi connectivity index (χ1n) is 6.40. The van der Waals surface area contributed by atoms with E-state index in [-0.39, 0.29) is 6.61 Å². The Morgan fingerprint density at radius 2 is 2.00 bits per heavy atom. The molecule has 0 saturated carbocycles. The molecule has 1 aromatic rings. The summed E-state index contributed by atoms with van der Waals surface area (Å²) in [4.78, 5) is 2.45. The van der Waals surface area contributed by atoms with Crippen LogP contribution in [0.15, 0.2) is 18.2 Å². The van der Waals surface area contributed by atoms with Crippen molar-refractivity contribution in [2.24, 2.45) is 0 Å². The van der Waals surface area contributed by atoms with E-state index >= 15 is 0 Å². The SMILES string of the molecule is OCCCc1ccc(CN2CCCC2)c(Cl)c1. The molecule has 0 aromatic heterocycles. The summed E-state index contributed by atoms with van der Waals surface area (Å²) in [7, 11) is 0. The number of hydrogen-bond donors (Lipinski definition) is 1. The Labute approximate surface area is 108 Å². The molecule has 1 fully saturated rings. The van der Waals surface area contributed by atoms with E-state index in [2.05, 4.69) is 17.0 Å². The lowest BCUT2D eigenvalue weighted by Gasteiger charge is -2.16. The van der Waals surface area contributed by atoms with Gasteiger partial charge >= 0.3 is 0 Å².